The fraction of sp³-hybridized carbons (Fsp3) is 0.667. The Balaban J connectivity index is 2.08. The molecule has 0 spiro atoms. The molecule has 0 N–H and O–H groups in total. The van der Waals surface area contributed by atoms with Crippen LogP contribution in [0.4, 0.5) is 0 Å². The predicted molar refractivity (Wildman–Crippen MR) is 73.7 cm³/mol. The van der Waals surface area contributed by atoms with Gasteiger partial charge in [0.15, 0.2) is 5.78 Å². The first kappa shape index (κ1) is 12.8. The van der Waals surface area contributed by atoms with Crippen LogP contribution in [0.3, 0.4) is 0 Å². The van der Waals surface area contributed by atoms with Gasteiger partial charge in [-0.25, -0.2) is 0 Å². The number of carbonyl (C=O) groups is 1. The van der Waals surface area contributed by atoms with E-state index in [1.807, 2.05) is 6.07 Å². The van der Waals surface area contributed by atoms with Crippen LogP contribution in [0.15, 0.2) is 12.1 Å². The van der Waals surface area contributed by atoms with Crippen molar-refractivity contribution in [2.45, 2.75) is 46.5 Å². The maximum atomic E-state index is 12.4. The van der Waals surface area contributed by atoms with Gasteiger partial charge in [0, 0.05) is 10.8 Å². The third-order valence-corrected chi connectivity index (χ3v) is 5.05. The lowest BCUT2D eigenvalue weighted by Crippen LogP contribution is -2.25. The minimum Gasteiger partial charge on any atom is -0.293 e. The largest absolute Gasteiger partial charge is 0.293 e. The summed E-state index contributed by atoms with van der Waals surface area (Å²) in [6.45, 7) is 6.70. The number of thiophene rings is 1. The lowest BCUT2D eigenvalue weighted by atomic mass is 9.75. The number of hydrogen-bond donors (Lipinski definition) is 0. The molecule has 2 unspecified atom stereocenters. The van der Waals surface area contributed by atoms with E-state index in [1.54, 1.807) is 11.3 Å². The molecule has 0 aromatic carbocycles. The Bertz CT molecular complexity index is 383. The van der Waals surface area contributed by atoms with Gasteiger partial charge < -0.3 is 0 Å². The first-order valence-electron chi connectivity index (χ1n) is 6.73. The average Bonchev–Trinajstić information content (AvgIpc) is 2.75. The van der Waals surface area contributed by atoms with Crippen molar-refractivity contribution in [1.29, 1.82) is 0 Å². The molecule has 94 valence electrons. The number of ketones is 1. The molecule has 2 atom stereocenters. The summed E-state index contributed by atoms with van der Waals surface area (Å²) in [5.74, 6) is 2.09. The molecule has 2 rings (SSSR count). The molecule has 0 amide bonds. The Kier molecular flexibility index (Phi) is 4.03. The lowest BCUT2D eigenvalue weighted by Gasteiger charge is -2.30. The Labute approximate surface area is 108 Å². The van der Waals surface area contributed by atoms with Crippen LogP contribution < -0.4 is 0 Å². The second-order valence-corrected chi connectivity index (χ2v) is 6.77. The van der Waals surface area contributed by atoms with E-state index in [2.05, 4.69) is 26.8 Å². The summed E-state index contributed by atoms with van der Waals surface area (Å²) in [5, 5.41) is 0. The maximum Gasteiger partial charge on any atom is 0.175 e. The standard InChI is InChI=1S/C15H22OS/c1-4-13-5-6-14(17-13)15(16)12-8-10(2)7-11(3)9-12/h5-6,10-12H,4,7-9H2,1-3H3. The molecule has 1 aliphatic rings. The van der Waals surface area contributed by atoms with Gasteiger partial charge in [0.05, 0.1) is 4.88 Å². The van der Waals surface area contributed by atoms with Gasteiger partial charge in [0.1, 0.15) is 0 Å². The van der Waals surface area contributed by atoms with Crippen LogP contribution >= 0.6 is 11.3 Å². The molecular formula is C15H22OS. The van der Waals surface area contributed by atoms with E-state index >= 15 is 0 Å². The zero-order valence-corrected chi connectivity index (χ0v) is 11.8. The zero-order valence-electron chi connectivity index (χ0n) is 11.0. The smallest absolute Gasteiger partial charge is 0.175 e. The second kappa shape index (κ2) is 5.34. The molecule has 1 aromatic rings. The van der Waals surface area contributed by atoms with Gasteiger partial charge in [0.2, 0.25) is 0 Å². The molecule has 1 aromatic heterocycles. The molecule has 0 radical (unpaired) electrons. The van der Waals surface area contributed by atoms with E-state index in [0.29, 0.717) is 17.6 Å². The highest BCUT2D eigenvalue weighted by atomic mass is 32.1. The second-order valence-electron chi connectivity index (χ2n) is 5.60. The maximum absolute atomic E-state index is 12.4. The molecular weight excluding hydrogens is 228 g/mol. The van der Waals surface area contributed by atoms with Gasteiger partial charge in [-0.15, -0.1) is 11.3 Å². The molecule has 1 fully saturated rings. The third kappa shape index (κ3) is 2.98. The normalized spacial score (nSPS) is 29.2. The van der Waals surface area contributed by atoms with E-state index in [-0.39, 0.29) is 5.92 Å². The fourth-order valence-corrected chi connectivity index (χ4v) is 4.03. The van der Waals surface area contributed by atoms with Gasteiger partial charge >= 0.3 is 0 Å². The van der Waals surface area contributed by atoms with Crippen LogP contribution in [-0.2, 0) is 6.42 Å². The van der Waals surface area contributed by atoms with Gasteiger partial charge in [-0.1, -0.05) is 20.8 Å². The van der Waals surface area contributed by atoms with Crippen LogP contribution in [0, 0.1) is 17.8 Å². The van der Waals surface area contributed by atoms with Crippen molar-refractivity contribution in [3.05, 3.63) is 21.9 Å². The van der Waals surface area contributed by atoms with Gasteiger partial charge in [-0.3, -0.25) is 4.79 Å². The van der Waals surface area contributed by atoms with Gasteiger partial charge in [-0.05, 0) is 49.7 Å². The van der Waals surface area contributed by atoms with Crippen LogP contribution in [0.5, 0.6) is 0 Å². The number of aryl methyl sites for hydroxylation is 1. The first-order valence-corrected chi connectivity index (χ1v) is 7.54. The van der Waals surface area contributed by atoms with E-state index in [4.69, 9.17) is 0 Å². The van der Waals surface area contributed by atoms with Crippen molar-refractivity contribution in [2.75, 3.05) is 0 Å². The summed E-state index contributed by atoms with van der Waals surface area (Å²) in [6.07, 6.45) is 4.49. The quantitative estimate of drug-likeness (QED) is 0.718. The number of Topliss-reactive ketones (excluding diaryl/α,β-unsaturated/α-hetero) is 1. The molecule has 1 aliphatic carbocycles. The van der Waals surface area contributed by atoms with Crippen molar-refractivity contribution in [2.24, 2.45) is 17.8 Å². The van der Waals surface area contributed by atoms with E-state index < -0.39 is 0 Å². The van der Waals surface area contributed by atoms with Crippen LogP contribution in [0.2, 0.25) is 0 Å². The van der Waals surface area contributed by atoms with Crippen LogP contribution in [-0.4, -0.2) is 5.78 Å². The number of rotatable bonds is 3. The summed E-state index contributed by atoms with van der Waals surface area (Å²) in [7, 11) is 0. The molecule has 0 bridgehead atoms. The Morgan fingerprint density at radius 1 is 1.24 bits per heavy atom. The van der Waals surface area contributed by atoms with E-state index in [9.17, 15) is 4.79 Å². The summed E-state index contributed by atoms with van der Waals surface area (Å²) in [5.41, 5.74) is 0. The summed E-state index contributed by atoms with van der Waals surface area (Å²) in [6, 6.07) is 4.13. The topological polar surface area (TPSA) is 17.1 Å². The SMILES string of the molecule is CCc1ccc(C(=O)C2CC(C)CC(C)C2)s1. The van der Waals surface area contributed by atoms with Crippen LogP contribution in [0.1, 0.15) is 54.6 Å². The predicted octanol–water partition coefficient (Wildman–Crippen LogP) is 4.57. The first-order chi connectivity index (χ1) is 8.10. The van der Waals surface area contributed by atoms with Crippen molar-refractivity contribution in [3.63, 3.8) is 0 Å². The third-order valence-electron chi connectivity index (χ3n) is 3.80. The van der Waals surface area contributed by atoms with Crippen molar-refractivity contribution < 1.29 is 4.79 Å². The zero-order chi connectivity index (χ0) is 12.4. The van der Waals surface area contributed by atoms with Gasteiger partial charge in [-0.2, -0.15) is 0 Å². The Morgan fingerprint density at radius 3 is 2.41 bits per heavy atom. The number of hydrogen-bond acceptors (Lipinski definition) is 2. The van der Waals surface area contributed by atoms with Gasteiger partial charge in [0.25, 0.3) is 0 Å². The van der Waals surface area contributed by atoms with Crippen molar-refractivity contribution in [3.8, 4) is 0 Å². The van der Waals surface area contributed by atoms with Crippen LogP contribution in [0.25, 0.3) is 0 Å². The molecule has 17 heavy (non-hydrogen) atoms. The molecule has 1 nitrogen and oxygen atoms in total. The Hall–Kier alpha value is -0.630. The minimum absolute atomic E-state index is 0.275. The van der Waals surface area contributed by atoms with Crippen molar-refractivity contribution in [1.82, 2.24) is 0 Å². The average molecular weight is 250 g/mol. The fourth-order valence-electron chi connectivity index (χ4n) is 3.06. The summed E-state index contributed by atoms with van der Waals surface area (Å²) in [4.78, 5) is 14.7. The monoisotopic (exact) mass is 250 g/mol. The highest BCUT2D eigenvalue weighted by Gasteiger charge is 2.30. The highest BCUT2D eigenvalue weighted by Crippen LogP contribution is 2.35. The molecule has 1 heterocycles. The highest BCUT2D eigenvalue weighted by molar-refractivity contribution is 7.14. The Morgan fingerprint density at radius 2 is 1.88 bits per heavy atom. The van der Waals surface area contributed by atoms with E-state index in [0.717, 1.165) is 24.1 Å². The summed E-state index contributed by atoms with van der Waals surface area (Å²) < 4.78 is 0. The van der Waals surface area contributed by atoms with E-state index in [1.165, 1.54) is 11.3 Å². The minimum atomic E-state index is 0.275. The molecule has 2 heteroatoms. The summed E-state index contributed by atoms with van der Waals surface area (Å²) >= 11 is 1.69. The molecule has 0 aliphatic heterocycles. The molecule has 0 saturated heterocycles. The lowest BCUT2D eigenvalue weighted by molar-refractivity contribution is 0.0840. The molecule has 1 saturated carbocycles. The number of carbonyl (C=O) groups excluding carboxylic acids is 1. The van der Waals surface area contributed by atoms with Crippen molar-refractivity contribution >= 4 is 17.1 Å².